The van der Waals surface area contributed by atoms with Gasteiger partial charge in [0.2, 0.25) is 0 Å². The lowest BCUT2D eigenvalue weighted by Gasteiger charge is -2.32. The highest BCUT2D eigenvalue weighted by molar-refractivity contribution is 5.95. The van der Waals surface area contributed by atoms with Crippen molar-refractivity contribution in [3.63, 3.8) is 0 Å². The molecule has 19 heavy (non-hydrogen) atoms. The van der Waals surface area contributed by atoms with Crippen LogP contribution in [0.2, 0.25) is 0 Å². The van der Waals surface area contributed by atoms with Crippen molar-refractivity contribution in [2.45, 2.75) is 32.2 Å². The molecule has 1 amide bonds. The smallest absolute Gasteiger partial charge is 0.306 e. The van der Waals surface area contributed by atoms with E-state index in [1.165, 1.54) is 0 Å². The maximum Gasteiger partial charge on any atom is 0.306 e. The van der Waals surface area contributed by atoms with E-state index < -0.39 is 11.9 Å². The van der Waals surface area contributed by atoms with Crippen LogP contribution in [0, 0.1) is 11.8 Å². The summed E-state index contributed by atoms with van der Waals surface area (Å²) in [5, 5.41) is 13.2. The molecule has 1 heterocycles. The zero-order valence-electron chi connectivity index (χ0n) is 10.7. The molecule has 1 saturated carbocycles. The Morgan fingerprint density at radius 2 is 2.16 bits per heavy atom. The minimum atomic E-state index is -0.747. The molecule has 0 bridgehead atoms. The average molecular weight is 266 g/mol. The molecular formula is C12H18N4O3. The number of hydrogen-bond donors (Lipinski definition) is 3. The van der Waals surface area contributed by atoms with E-state index in [1.807, 2.05) is 6.92 Å². The Morgan fingerprint density at radius 3 is 2.63 bits per heavy atom. The van der Waals surface area contributed by atoms with Gasteiger partial charge in [-0.1, -0.05) is 6.92 Å². The predicted octanol–water partition coefficient (Wildman–Crippen LogP) is 0.626. The molecule has 0 saturated heterocycles. The van der Waals surface area contributed by atoms with Crippen LogP contribution in [0.15, 0.2) is 6.20 Å². The Hall–Kier alpha value is -2.05. The normalized spacial score (nSPS) is 27.1. The first-order valence-electron chi connectivity index (χ1n) is 6.27. The lowest BCUT2D eigenvalue weighted by atomic mass is 9.79. The predicted molar refractivity (Wildman–Crippen MR) is 68.3 cm³/mol. The monoisotopic (exact) mass is 266 g/mol. The second kappa shape index (κ2) is 4.91. The lowest BCUT2D eigenvalue weighted by molar-refractivity contribution is -0.143. The summed E-state index contributed by atoms with van der Waals surface area (Å²) in [5.74, 6) is -1.53. The van der Waals surface area contributed by atoms with Crippen LogP contribution in [0.5, 0.6) is 0 Å². The number of carbonyl (C=O) groups is 2. The highest BCUT2D eigenvalue weighted by Crippen LogP contribution is 2.37. The number of primary amides is 1. The van der Waals surface area contributed by atoms with E-state index in [2.05, 4.69) is 5.10 Å². The fourth-order valence-electron chi connectivity index (χ4n) is 2.76. The van der Waals surface area contributed by atoms with Gasteiger partial charge < -0.3 is 16.6 Å². The Balaban J connectivity index is 2.17. The zero-order valence-corrected chi connectivity index (χ0v) is 10.7. The maximum absolute atomic E-state index is 11.1. The molecule has 7 heteroatoms. The molecule has 1 fully saturated rings. The number of nitrogens with two attached hydrogens (primary N) is 2. The maximum atomic E-state index is 11.1. The molecule has 3 atom stereocenters. The van der Waals surface area contributed by atoms with Crippen LogP contribution in [0.25, 0.3) is 0 Å². The van der Waals surface area contributed by atoms with Crippen molar-refractivity contribution in [3.8, 4) is 0 Å². The standard InChI is InChI=1S/C12H18N4O3/c1-6-4-7(12(18)19)2-3-9(6)16-5-8(13)10(15-16)11(14)17/h5-7,9H,2-4,13H2,1H3,(H2,14,17)(H,18,19). The number of carboxylic acid groups (broad SMARTS) is 1. The summed E-state index contributed by atoms with van der Waals surface area (Å²) in [6.45, 7) is 1.99. The number of carbonyl (C=O) groups excluding carboxylic acids is 1. The lowest BCUT2D eigenvalue weighted by Crippen LogP contribution is -2.30. The Bertz CT molecular complexity index is 511. The minimum absolute atomic E-state index is 0.0611. The Morgan fingerprint density at radius 1 is 1.47 bits per heavy atom. The molecule has 0 aliphatic heterocycles. The van der Waals surface area contributed by atoms with Gasteiger partial charge in [-0.25, -0.2) is 0 Å². The van der Waals surface area contributed by atoms with E-state index >= 15 is 0 Å². The highest BCUT2D eigenvalue weighted by Gasteiger charge is 2.33. The summed E-state index contributed by atoms with van der Waals surface area (Å²) in [7, 11) is 0. The quantitative estimate of drug-likeness (QED) is 0.740. The SMILES string of the molecule is CC1CC(C(=O)O)CCC1n1cc(N)c(C(N)=O)n1. The first kappa shape index (κ1) is 13.4. The van der Waals surface area contributed by atoms with Gasteiger partial charge >= 0.3 is 5.97 Å². The van der Waals surface area contributed by atoms with Crippen molar-refractivity contribution in [3.05, 3.63) is 11.9 Å². The molecule has 1 aliphatic carbocycles. The van der Waals surface area contributed by atoms with Crippen LogP contribution in [-0.4, -0.2) is 26.8 Å². The summed E-state index contributed by atoms with van der Waals surface area (Å²) in [4.78, 5) is 22.1. The summed E-state index contributed by atoms with van der Waals surface area (Å²) < 4.78 is 1.65. The number of carboxylic acids is 1. The van der Waals surface area contributed by atoms with Gasteiger partial charge in [0.05, 0.1) is 17.6 Å². The highest BCUT2D eigenvalue weighted by atomic mass is 16.4. The molecule has 1 aromatic heterocycles. The van der Waals surface area contributed by atoms with E-state index in [0.29, 0.717) is 19.3 Å². The fraction of sp³-hybridized carbons (Fsp3) is 0.583. The second-order valence-electron chi connectivity index (χ2n) is 5.17. The third-order valence-corrected chi connectivity index (χ3v) is 3.81. The average Bonchev–Trinajstić information content (AvgIpc) is 2.71. The van der Waals surface area contributed by atoms with Crippen LogP contribution < -0.4 is 11.5 Å². The number of nitrogen functional groups attached to an aromatic ring is 1. The molecule has 1 aliphatic rings. The van der Waals surface area contributed by atoms with Gasteiger partial charge in [-0.3, -0.25) is 14.3 Å². The van der Waals surface area contributed by atoms with Crippen LogP contribution in [0.3, 0.4) is 0 Å². The van der Waals surface area contributed by atoms with Crippen LogP contribution >= 0.6 is 0 Å². The number of hydrogen-bond acceptors (Lipinski definition) is 4. The Labute approximate surface area is 110 Å². The molecule has 3 unspecified atom stereocenters. The third kappa shape index (κ3) is 2.54. The topological polar surface area (TPSA) is 124 Å². The van der Waals surface area contributed by atoms with Gasteiger partial charge in [0.15, 0.2) is 5.69 Å². The van der Waals surface area contributed by atoms with Gasteiger partial charge in [0.25, 0.3) is 5.91 Å². The van der Waals surface area contributed by atoms with Gasteiger partial charge in [0, 0.05) is 6.20 Å². The largest absolute Gasteiger partial charge is 0.481 e. The van der Waals surface area contributed by atoms with E-state index in [4.69, 9.17) is 16.6 Å². The fourth-order valence-corrected chi connectivity index (χ4v) is 2.76. The minimum Gasteiger partial charge on any atom is -0.481 e. The molecule has 0 aromatic carbocycles. The number of anilines is 1. The molecule has 2 rings (SSSR count). The first-order valence-corrected chi connectivity index (χ1v) is 6.27. The van der Waals surface area contributed by atoms with Gasteiger partial charge in [-0.05, 0) is 25.2 Å². The summed E-state index contributed by atoms with van der Waals surface area (Å²) in [5.41, 5.74) is 11.2. The first-order chi connectivity index (χ1) is 8.90. The second-order valence-corrected chi connectivity index (χ2v) is 5.17. The van der Waals surface area contributed by atoms with E-state index in [0.717, 1.165) is 0 Å². The molecule has 104 valence electrons. The number of nitrogens with zero attached hydrogens (tertiary/aromatic N) is 2. The van der Waals surface area contributed by atoms with Crippen molar-refractivity contribution >= 4 is 17.6 Å². The van der Waals surface area contributed by atoms with E-state index in [1.54, 1.807) is 10.9 Å². The van der Waals surface area contributed by atoms with Crippen molar-refractivity contribution in [2.24, 2.45) is 17.6 Å². The van der Waals surface area contributed by atoms with Gasteiger partial charge in [0.1, 0.15) is 0 Å². The van der Waals surface area contributed by atoms with Crippen LogP contribution in [-0.2, 0) is 4.79 Å². The van der Waals surface area contributed by atoms with Gasteiger partial charge in [-0.15, -0.1) is 0 Å². The zero-order chi connectivity index (χ0) is 14.2. The number of rotatable bonds is 3. The third-order valence-electron chi connectivity index (χ3n) is 3.81. The molecular weight excluding hydrogens is 248 g/mol. The van der Waals surface area contributed by atoms with Gasteiger partial charge in [-0.2, -0.15) is 5.10 Å². The molecule has 0 spiro atoms. The number of aliphatic carboxylic acids is 1. The van der Waals surface area contributed by atoms with Crippen molar-refractivity contribution in [2.75, 3.05) is 5.73 Å². The molecule has 1 aromatic rings. The summed E-state index contributed by atoms with van der Waals surface area (Å²) in [6.07, 6.45) is 3.52. The van der Waals surface area contributed by atoms with E-state index in [-0.39, 0.29) is 29.3 Å². The van der Waals surface area contributed by atoms with Crippen LogP contribution in [0.4, 0.5) is 5.69 Å². The summed E-state index contributed by atoms with van der Waals surface area (Å²) in [6, 6.07) is 0.0611. The summed E-state index contributed by atoms with van der Waals surface area (Å²) >= 11 is 0. The van der Waals surface area contributed by atoms with E-state index in [9.17, 15) is 9.59 Å². The van der Waals surface area contributed by atoms with Crippen molar-refractivity contribution in [1.82, 2.24) is 9.78 Å². The van der Waals surface area contributed by atoms with Crippen molar-refractivity contribution in [1.29, 1.82) is 0 Å². The number of aromatic nitrogens is 2. The Kier molecular flexibility index (Phi) is 3.46. The van der Waals surface area contributed by atoms with Crippen LogP contribution in [0.1, 0.15) is 42.7 Å². The number of amides is 1. The molecule has 0 radical (unpaired) electrons. The molecule has 7 nitrogen and oxygen atoms in total. The molecule has 5 N–H and O–H groups in total. The van der Waals surface area contributed by atoms with Crippen molar-refractivity contribution < 1.29 is 14.7 Å².